The maximum atomic E-state index is 13.2. The SMILES string of the molecule is Cc1ccc(-n2c(SC(C)C(=O)NC(N)=O)nc3ccccc3c2=O)cc1C. The molecule has 1 unspecified atom stereocenters. The lowest BCUT2D eigenvalue weighted by Gasteiger charge is -2.16. The maximum Gasteiger partial charge on any atom is 0.318 e. The van der Waals surface area contributed by atoms with Gasteiger partial charge in [-0.05, 0) is 56.2 Å². The van der Waals surface area contributed by atoms with Crippen LogP contribution in [0.1, 0.15) is 18.1 Å². The fourth-order valence-electron chi connectivity index (χ4n) is 2.72. The number of rotatable bonds is 4. The predicted octanol–water partition coefficient (Wildman–Crippen LogP) is 2.68. The third-order valence-electron chi connectivity index (χ3n) is 4.39. The highest BCUT2D eigenvalue weighted by Gasteiger charge is 2.21. The molecule has 2 aromatic carbocycles. The molecule has 0 saturated heterocycles. The number of hydrogen-bond acceptors (Lipinski definition) is 5. The fourth-order valence-corrected chi connectivity index (χ4v) is 3.65. The molecule has 0 saturated carbocycles. The topological polar surface area (TPSA) is 107 Å². The van der Waals surface area contributed by atoms with Crippen molar-refractivity contribution >= 4 is 34.6 Å². The minimum atomic E-state index is -0.921. The van der Waals surface area contributed by atoms with Gasteiger partial charge in [0.15, 0.2) is 5.16 Å². The van der Waals surface area contributed by atoms with Crippen LogP contribution in [0, 0.1) is 13.8 Å². The van der Waals surface area contributed by atoms with E-state index < -0.39 is 17.2 Å². The van der Waals surface area contributed by atoms with Gasteiger partial charge in [-0.1, -0.05) is 30.0 Å². The molecule has 3 amide bonds. The maximum absolute atomic E-state index is 13.2. The second-order valence-corrected chi connectivity index (χ2v) is 7.74. The molecular weight excluding hydrogens is 376 g/mol. The summed E-state index contributed by atoms with van der Waals surface area (Å²) in [6, 6.07) is 11.8. The monoisotopic (exact) mass is 396 g/mol. The highest BCUT2D eigenvalue weighted by molar-refractivity contribution is 8.00. The van der Waals surface area contributed by atoms with Crippen LogP contribution in [0.5, 0.6) is 0 Å². The second kappa shape index (κ2) is 7.85. The first kappa shape index (κ1) is 19.6. The first-order valence-corrected chi connectivity index (χ1v) is 9.52. The van der Waals surface area contributed by atoms with E-state index in [0.29, 0.717) is 21.7 Å². The Balaban J connectivity index is 2.17. The van der Waals surface area contributed by atoms with Crippen LogP contribution in [0.2, 0.25) is 0 Å². The lowest BCUT2D eigenvalue weighted by atomic mass is 10.1. The molecule has 3 N–H and O–H groups in total. The number of nitrogens with two attached hydrogens (primary N) is 1. The lowest BCUT2D eigenvalue weighted by molar-refractivity contribution is -0.119. The van der Waals surface area contributed by atoms with E-state index in [0.717, 1.165) is 22.9 Å². The van der Waals surface area contributed by atoms with Crippen molar-refractivity contribution in [2.24, 2.45) is 5.73 Å². The van der Waals surface area contributed by atoms with Gasteiger partial charge in [-0.15, -0.1) is 0 Å². The molecule has 8 heteroatoms. The van der Waals surface area contributed by atoms with Gasteiger partial charge in [0.1, 0.15) is 0 Å². The van der Waals surface area contributed by atoms with E-state index in [-0.39, 0.29) is 5.56 Å². The summed E-state index contributed by atoms with van der Waals surface area (Å²) in [7, 11) is 0. The number of para-hydroxylation sites is 1. The number of nitrogens with zero attached hydrogens (tertiary/aromatic N) is 2. The second-order valence-electron chi connectivity index (χ2n) is 6.43. The van der Waals surface area contributed by atoms with Crippen molar-refractivity contribution in [2.45, 2.75) is 31.2 Å². The van der Waals surface area contributed by atoms with Crippen LogP contribution >= 0.6 is 11.8 Å². The molecule has 1 aromatic heterocycles. The summed E-state index contributed by atoms with van der Waals surface area (Å²) in [5.41, 5.74) is 8.14. The molecule has 1 heterocycles. The molecule has 1 atom stereocenters. The number of hydrogen-bond donors (Lipinski definition) is 2. The van der Waals surface area contributed by atoms with Crippen molar-refractivity contribution in [3.63, 3.8) is 0 Å². The first-order chi connectivity index (χ1) is 13.3. The molecule has 3 rings (SSSR count). The number of nitrogens with one attached hydrogen (secondary N) is 1. The van der Waals surface area contributed by atoms with E-state index in [4.69, 9.17) is 5.73 Å². The molecule has 144 valence electrons. The Bertz CT molecular complexity index is 1140. The van der Waals surface area contributed by atoms with Gasteiger partial charge in [-0.25, -0.2) is 9.78 Å². The van der Waals surface area contributed by atoms with Gasteiger partial charge in [0.05, 0.1) is 21.8 Å². The number of thioether (sulfide) groups is 1. The number of urea groups is 1. The van der Waals surface area contributed by atoms with Crippen LogP contribution in [0.4, 0.5) is 4.79 Å². The van der Waals surface area contributed by atoms with Gasteiger partial charge in [0, 0.05) is 0 Å². The van der Waals surface area contributed by atoms with E-state index in [1.807, 2.05) is 32.0 Å². The van der Waals surface area contributed by atoms with Gasteiger partial charge in [0.25, 0.3) is 5.56 Å². The molecule has 0 radical (unpaired) electrons. The highest BCUT2D eigenvalue weighted by Crippen LogP contribution is 2.26. The Labute approximate surface area is 166 Å². The summed E-state index contributed by atoms with van der Waals surface area (Å²) in [4.78, 5) is 40.9. The Morgan fingerprint density at radius 1 is 1.14 bits per heavy atom. The molecule has 0 aliphatic carbocycles. The van der Waals surface area contributed by atoms with Crippen LogP contribution in [0.25, 0.3) is 16.6 Å². The van der Waals surface area contributed by atoms with E-state index in [1.54, 1.807) is 31.2 Å². The van der Waals surface area contributed by atoms with Crippen molar-refractivity contribution in [1.29, 1.82) is 0 Å². The Morgan fingerprint density at radius 2 is 1.86 bits per heavy atom. The fraction of sp³-hybridized carbons (Fsp3) is 0.200. The molecule has 3 aromatic rings. The minimum Gasteiger partial charge on any atom is -0.351 e. The summed E-state index contributed by atoms with van der Waals surface area (Å²) < 4.78 is 1.49. The Morgan fingerprint density at radius 3 is 2.54 bits per heavy atom. The first-order valence-electron chi connectivity index (χ1n) is 8.64. The largest absolute Gasteiger partial charge is 0.351 e. The standard InChI is InChI=1S/C20H20N4O3S/c1-11-8-9-14(10-12(11)2)24-18(26)15-6-4-5-7-16(15)22-20(24)28-13(3)17(25)23-19(21)27/h4-10,13H,1-3H3,(H3,21,23,25,27). The number of fused-ring (bicyclic) bond motifs is 1. The van der Waals surface area contributed by atoms with Crippen LogP contribution in [-0.4, -0.2) is 26.7 Å². The third-order valence-corrected chi connectivity index (χ3v) is 5.44. The predicted molar refractivity (Wildman–Crippen MR) is 110 cm³/mol. The Hall–Kier alpha value is -3.13. The lowest BCUT2D eigenvalue weighted by Crippen LogP contribution is -2.39. The van der Waals surface area contributed by atoms with Gasteiger partial charge in [-0.2, -0.15) is 0 Å². The van der Waals surface area contributed by atoms with Crippen molar-refractivity contribution in [3.05, 3.63) is 63.9 Å². The summed E-state index contributed by atoms with van der Waals surface area (Å²) in [5.74, 6) is -0.549. The van der Waals surface area contributed by atoms with E-state index >= 15 is 0 Å². The summed E-state index contributed by atoms with van der Waals surface area (Å²) in [5, 5.41) is 2.22. The van der Waals surface area contributed by atoms with Crippen molar-refractivity contribution < 1.29 is 9.59 Å². The molecule has 0 aliphatic heterocycles. The number of aryl methyl sites for hydroxylation is 2. The molecule has 7 nitrogen and oxygen atoms in total. The average Bonchev–Trinajstić information content (AvgIpc) is 2.64. The number of amides is 3. The highest BCUT2D eigenvalue weighted by atomic mass is 32.2. The van der Waals surface area contributed by atoms with Gasteiger partial charge in [0.2, 0.25) is 5.91 Å². The van der Waals surface area contributed by atoms with Crippen molar-refractivity contribution in [1.82, 2.24) is 14.9 Å². The summed E-state index contributed by atoms with van der Waals surface area (Å²) in [6.45, 7) is 5.58. The number of imide groups is 1. The average molecular weight is 396 g/mol. The van der Waals surface area contributed by atoms with Crippen LogP contribution in [-0.2, 0) is 4.79 Å². The number of primary amides is 1. The third kappa shape index (κ3) is 3.91. The zero-order valence-electron chi connectivity index (χ0n) is 15.7. The van der Waals surface area contributed by atoms with Crippen LogP contribution in [0.3, 0.4) is 0 Å². The quantitative estimate of drug-likeness (QED) is 0.521. The van der Waals surface area contributed by atoms with Crippen molar-refractivity contribution in [2.75, 3.05) is 0 Å². The van der Waals surface area contributed by atoms with Crippen molar-refractivity contribution in [3.8, 4) is 5.69 Å². The number of benzene rings is 2. The van der Waals surface area contributed by atoms with Gasteiger partial charge in [-0.3, -0.25) is 19.5 Å². The van der Waals surface area contributed by atoms with E-state index in [1.165, 1.54) is 4.57 Å². The molecule has 0 fully saturated rings. The molecule has 0 aliphatic rings. The normalized spacial score (nSPS) is 12.0. The van der Waals surface area contributed by atoms with Gasteiger partial charge < -0.3 is 5.73 Å². The molecule has 0 spiro atoms. The van der Waals surface area contributed by atoms with Crippen LogP contribution in [0.15, 0.2) is 52.4 Å². The number of carbonyl (C=O) groups is 2. The number of carbonyl (C=O) groups excluding carboxylic acids is 2. The molecule has 0 bridgehead atoms. The van der Waals surface area contributed by atoms with Gasteiger partial charge >= 0.3 is 6.03 Å². The number of aromatic nitrogens is 2. The van der Waals surface area contributed by atoms with Crippen LogP contribution < -0.4 is 16.6 Å². The summed E-state index contributed by atoms with van der Waals surface area (Å²) >= 11 is 1.09. The zero-order chi connectivity index (χ0) is 20.4. The minimum absolute atomic E-state index is 0.223. The van der Waals surface area contributed by atoms with E-state index in [9.17, 15) is 14.4 Å². The Kier molecular flexibility index (Phi) is 5.51. The molecular formula is C20H20N4O3S. The molecule has 28 heavy (non-hydrogen) atoms. The smallest absolute Gasteiger partial charge is 0.318 e. The zero-order valence-corrected chi connectivity index (χ0v) is 16.5. The summed E-state index contributed by atoms with van der Waals surface area (Å²) in [6.07, 6.45) is 0. The van der Waals surface area contributed by atoms with E-state index in [2.05, 4.69) is 10.3 Å².